The minimum atomic E-state index is -0.287. The van der Waals surface area contributed by atoms with Gasteiger partial charge in [0.05, 0.1) is 29.6 Å². The summed E-state index contributed by atoms with van der Waals surface area (Å²) < 4.78 is 6.83. The lowest BCUT2D eigenvalue weighted by Gasteiger charge is -2.31. The largest absolute Gasteiger partial charge is 0.383 e. The second-order valence-electron chi connectivity index (χ2n) is 9.85. The number of aromatic nitrogens is 3. The molecular formula is C26H36N6O3. The third-order valence-corrected chi connectivity index (χ3v) is 6.62. The van der Waals surface area contributed by atoms with Crippen molar-refractivity contribution in [3.05, 3.63) is 45.9 Å². The average molecular weight is 481 g/mol. The Kier molecular flexibility index (Phi) is 7.28. The van der Waals surface area contributed by atoms with E-state index in [1.54, 1.807) is 24.8 Å². The third kappa shape index (κ3) is 5.26. The van der Waals surface area contributed by atoms with Crippen LogP contribution < -0.4 is 16.2 Å². The molecule has 9 heteroatoms. The predicted molar refractivity (Wildman–Crippen MR) is 139 cm³/mol. The van der Waals surface area contributed by atoms with E-state index in [0.29, 0.717) is 35.6 Å². The lowest BCUT2D eigenvalue weighted by atomic mass is 10.0. The summed E-state index contributed by atoms with van der Waals surface area (Å²) in [6.45, 7) is 10.5. The Balaban J connectivity index is 1.64. The Morgan fingerprint density at radius 2 is 2.00 bits per heavy atom. The molecule has 35 heavy (non-hydrogen) atoms. The summed E-state index contributed by atoms with van der Waals surface area (Å²) in [5.74, 6) is 0.439. The second kappa shape index (κ2) is 10.2. The van der Waals surface area contributed by atoms with Gasteiger partial charge >= 0.3 is 0 Å². The van der Waals surface area contributed by atoms with Crippen LogP contribution in [0.25, 0.3) is 22.2 Å². The number of para-hydroxylation sites is 1. The van der Waals surface area contributed by atoms with Crippen LogP contribution in [0.3, 0.4) is 0 Å². The molecule has 3 aromatic rings. The van der Waals surface area contributed by atoms with Crippen LogP contribution in [0.5, 0.6) is 0 Å². The maximum Gasteiger partial charge on any atom is 0.262 e. The fourth-order valence-electron chi connectivity index (χ4n) is 4.55. The van der Waals surface area contributed by atoms with E-state index in [9.17, 15) is 9.59 Å². The van der Waals surface area contributed by atoms with Gasteiger partial charge in [-0.25, -0.2) is 4.98 Å². The Hall–Kier alpha value is -3.17. The minimum Gasteiger partial charge on any atom is -0.383 e. The lowest BCUT2D eigenvalue weighted by Crippen LogP contribution is -2.39. The molecule has 0 unspecified atom stereocenters. The number of ether oxygens (including phenoxy) is 1. The monoisotopic (exact) mass is 480 g/mol. The molecule has 0 atom stereocenters. The first-order valence-electron chi connectivity index (χ1n) is 12.2. The number of amides is 1. The average Bonchev–Trinajstić information content (AvgIpc) is 3.40. The summed E-state index contributed by atoms with van der Waals surface area (Å²) in [7, 11) is 3.47. The molecule has 9 nitrogen and oxygen atoms in total. The molecule has 1 aliphatic rings. The van der Waals surface area contributed by atoms with Crippen molar-refractivity contribution >= 4 is 22.8 Å². The van der Waals surface area contributed by atoms with Gasteiger partial charge in [-0.2, -0.15) is 0 Å². The lowest BCUT2D eigenvalue weighted by molar-refractivity contribution is 0.0965. The Morgan fingerprint density at radius 3 is 2.71 bits per heavy atom. The number of nitrogens with one attached hydrogen (secondary N) is 3. The maximum absolute atomic E-state index is 13.3. The third-order valence-electron chi connectivity index (χ3n) is 6.62. The topological polar surface area (TPSA) is 104 Å². The van der Waals surface area contributed by atoms with Crippen LogP contribution in [0.2, 0.25) is 0 Å². The van der Waals surface area contributed by atoms with E-state index in [1.165, 1.54) is 0 Å². The number of nitrogens with zero attached hydrogens (tertiary/aromatic N) is 3. The van der Waals surface area contributed by atoms with Crippen molar-refractivity contribution in [2.24, 2.45) is 7.05 Å². The van der Waals surface area contributed by atoms with Crippen molar-refractivity contribution in [3.8, 4) is 11.3 Å². The van der Waals surface area contributed by atoms with E-state index in [-0.39, 0.29) is 17.0 Å². The van der Waals surface area contributed by atoms with Crippen molar-refractivity contribution in [3.63, 3.8) is 0 Å². The smallest absolute Gasteiger partial charge is 0.262 e. The first-order valence-corrected chi connectivity index (χ1v) is 12.2. The number of hydrogen-bond acceptors (Lipinski definition) is 6. The number of anilines is 1. The molecule has 0 bridgehead atoms. The summed E-state index contributed by atoms with van der Waals surface area (Å²) >= 11 is 0. The maximum atomic E-state index is 13.3. The van der Waals surface area contributed by atoms with E-state index in [1.807, 2.05) is 18.2 Å². The number of methoxy groups -OCH3 is 1. The summed E-state index contributed by atoms with van der Waals surface area (Å²) in [6, 6.07) is 7.42. The number of carbonyl (C=O) groups excluding carboxylic acids is 1. The van der Waals surface area contributed by atoms with Gasteiger partial charge in [0.15, 0.2) is 0 Å². The van der Waals surface area contributed by atoms with Gasteiger partial charge in [0.25, 0.3) is 11.5 Å². The van der Waals surface area contributed by atoms with Crippen LogP contribution in [0.1, 0.15) is 49.7 Å². The highest BCUT2D eigenvalue weighted by Gasteiger charge is 2.25. The number of hydrogen-bond donors (Lipinski definition) is 3. The highest BCUT2D eigenvalue weighted by Crippen LogP contribution is 2.30. The molecule has 4 rings (SSSR count). The van der Waals surface area contributed by atoms with Gasteiger partial charge in [-0.15, -0.1) is 0 Å². The van der Waals surface area contributed by atoms with Gasteiger partial charge < -0.3 is 25.3 Å². The van der Waals surface area contributed by atoms with Crippen LogP contribution in [-0.4, -0.2) is 64.2 Å². The van der Waals surface area contributed by atoms with Gasteiger partial charge in [0.2, 0.25) is 5.95 Å². The van der Waals surface area contributed by atoms with Crippen molar-refractivity contribution in [2.75, 3.05) is 38.7 Å². The minimum absolute atomic E-state index is 0.0849. The molecule has 0 radical (unpaired) electrons. The van der Waals surface area contributed by atoms with Crippen LogP contribution in [0.4, 0.5) is 5.95 Å². The summed E-state index contributed by atoms with van der Waals surface area (Å²) in [5.41, 5.74) is 3.30. The molecule has 0 saturated heterocycles. The highest BCUT2D eigenvalue weighted by molar-refractivity contribution is 6.01. The predicted octanol–water partition coefficient (Wildman–Crippen LogP) is 3.11. The molecule has 1 aliphatic heterocycles. The van der Waals surface area contributed by atoms with Gasteiger partial charge in [-0.05, 0) is 45.4 Å². The van der Waals surface area contributed by atoms with Crippen LogP contribution in [-0.2, 0) is 18.3 Å². The fraction of sp³-hybridized carbons (Fsp3) is 0.500. The molecule has 0 fully saturated rings. The number of H-pyrrole nitrogens is 1. The molecule has 3 heterocycles. The zero-order valence-electron chi connectivity index (χ0n) is 21.3. The van der Waals surface area contributed by atoms with Crippen molar-refractivity contribution < 1.29 is 9.53 Å². The van der Waals surface area contributed by atoms with Crippen LogP contribution >= 0.6 is 0 Å². The van der Waals surface area contributed by atoms with E-state index in [4.69, 9.17) is 9.72 Å². The summed E-state index contributed by atoms with van der Waals surface area (Å²) in [6.07, 6.45) is 1.97. The van der Waals surface area contributed by atoms with Crippen LogP contribution in [0.15, 0.2) is 29.1 Å². The van der Waals surface area contributed by atoms with Gasteiger partial charge in [0, 0.05) is 49.7 Å². The molecule has 2 aromatic heterocycles. The summed E-state index contributed by atoms with van der Waals surface area (Å²) in [5, 5.41) is 6.87. The van der Waals surface area contributed by atoms with Crippen molar-refractivity contribution in [2.45, 2.75) is 45.7 Å². The first kappa shape index (κ1) is 24.9. The number of rotatable bonds is 11. The quantitative estimate of drug-likeness (QED) is 0.390. The highest BCUT2D eigenvalue weighted by atomic mass is 16.5. The Morgan fingerprint density at radius 1 is 1.20 bits per heavy atom. The van der Waals surface area contributed by atoms with E-state index in [2.05, 4.69) is 41.3 Å². The van der Waals surface area contributed by atoms with Gasteiger partial charge in [-0.1, -0.05) is 19.1 Å². The van der Waals surface area contributed by atoms with E-state index in [0.717, 1.165) is 49.4 Å². The number of fused-ring (bicyclic) bond motifs is 2. The first-order chi connectivity index (χ1) is 16.7. The Bertz CT molecular complexity index is 1280. The SMILES string of the molecule is CCCN(CCOC)CCC(C)(C)Nc1nc2c(-c3cc4c([nH]3)CNC4=O)cccc2c(=O)n1C. The molecular weight excluding hydrogens is 444 g/mol. The fourth-order valence-corrected chi connectivity index (χ4v) is 4.55. The molecule has 1 aromatic carbocycles. The zero-order chi connectivity index (χ0) is 25.2. The molecule has 0 saturated carbocycles. The normalized spacial score (nSPS) is 13.5. The second-order valence-corrected chi connectivity index (χ2v) is 9.85. The molecule has 188 valence electrons. The zero-order valence-corrected chi connectivity index (χ0v) is 21.3. The van der Waals surface area contributed by atoms with Gasteiger partial charge in [-0.3, -0.25) is 14.2 Å². The summed E-state index contributed by atoms with van der Waals surface area (Å²) in [4.78, 5) is 36.0. The molecule has 0 aliphatic carbocycles. The number of aromatic amines is 1. The number of carbonyl (C=O) groups is 1. The number of benzene rings is 1. The van der Waals surface area contributed by atoms with E-state index < -0.39 is 0 Å². The van der Waals surface area contributed by atoms with Gasteiger partial charge in [0.1, 0.15) is 0 Å². The molecule has 1 amide bonds. The van der Waals surface area contributed by atoms with Crippen molar-refractivity contribution in [1.82, 2.24) is 24.8 Å². The van der Waals surface area contributed by atoms with Crippen molar-refractivity contribution in [1.29, 1.82) is 0 Å². The Labute approximate surface area is 205 Å². The molecule has 3 N–H and O–H groups in total. The van der Waals surface area contributed by atoms with Crippen LogP contribution in [0, 0.1) is 0 Å². The van der Waals surface area contributed by atoms with E-state index >= 15 is 0 Å². The molecule has 0 spiro atoms. The standard InChI is InChI=1S/C26H36N6O3/c1-6-11-32(13-14-35-5)12-10-26(2,3)30-25-29-22-17(8-7-9-18(22)24(34)31(25)4)20-15-19-21(28-20)16-27-23(19)33/h7-9,15,28H,6,10-14,16H2,1-5H3,(H,27,33)(H,29,30).